The SMILES string of the molecule is CC(O[C@H]1CCCCO1)C(=O)O. The topological polar surface area (TPSA) is 55.8 Å². The summed E-state index contributed by atoms with van der Waals surface area (Å²) in [7, 11) is 0. The van der Waals surface area contributed by atoms with E-state index in [9.17, 15) is 4.79 Å². The largest absolute Gasteiger partial charge is 0.479 e. The molecule has 2 atom stereocenters. The van der Waals surface area contributed by atoms with Crippen LogP contribution in [-0.2, 0) is 14.3 Å². The molecule has 1 heterocycles. The highest BCUT2D eigenvalue weighted by Crippen LogP contribution is 2.15. The molecule has 0 saturated carbocycles. The number of aliphatic carboxylic acids is 1. The molecule has 0 bridgehead atoms. The van der Waals surface area contributed by atoms with Crippen LogP contribution in [0.25, 0.3) is 0 Å². The van der Waals surface area contributed by atoms with E-state index in [2.05, 4.69) is 0 Å². The lowest BCUT2D eigenvalue weighted by molar-refractivity contribution is -0.197. The standard InChI is InChI=1S/C8H14O4/c1-6(8(9)10)12-7-4-2-3-5-11-7/h6-7H,2-5H2,1H3,(H,9,10)/t6?,7-/m0/s1. The van der Waals surface area contributed by atoms with E-state index in [0.29, 0.717) is 6.61 Å². The monoisotopic (exact) mass is 174 g/mol. The second-order valence-corrected chi connectivity index (χ2v) is 2.91. The molecule has 1 rings (SSSR count). The van der Waals surface area contributed by atoms with Crippen molar-refractivity contribution in [3.8, 4) is 0 Å². The molecule has 70 valence electrons. The van der Waals surface area contributed by atoms with Gasteiger partial charge < -0.3 is 14.6 Å². The van der Waals surface area contributed by atoms with Gasteiger partial charge in [0.15, 0.2) is 12.4 Å². The Morgan fingerprint density at radius 3 is 2.92 bits per heavy atom. The average Bonchev–Trinajstić information content (AvgIpc) is 2.06. The number of carboxylic acid groups (broad SMARTS) is 1. The van der Waals surface area contributed by atoms with Crippen molar-refractivity contribution in [3.05, 3.63) is 0 Å². The van der Waals surface area contributed by atoms with Crippen molar-refractivity contribution in [1.29, 1.82) is 0 Å². The van der Waals surface area contributed by atoms with Gasteiger partial charge in [0, 0.05) is 6.61 Å². The van der Waals surface area contributed by atoms with Gasteiger partial charge >= 0.3 is 5.97 Å². The molecule has 1 fully saturated rings. The fourth-order valence-electron chi connectivity index (χ4n) is 1.10. The van der Waals surface area contributed by atoms with Gasteiger partial charge in [0.05, 0.1) is 0 Å². The van der Waals surface area contributed by atoms with Crippen LogP contribution in [-0.4, -0.2) is 30.1 Å². The summed E-state index contributed by atoms with van der Waals surface area (Å²) in [5.74, 6) is -0.941. The molecule has 0 aromatic rings. The van der Waals surface area contributed by atoms with Crippen molar-refractivity contribution in [2.45, 2.75) is 38.6 Å². The van der Waals surface area contributed by atoms with Gasteiger partial charge in [-0.1, -0.05) is 0 Å². The number of carboxylic acids is 1. The highest BCUT2D eigenvalue weighted by Gasteiger charge is 2.20. The summed E-state index contributed by atoms with van der Waals surface area (Å²) >= 11 is 0. The van der Waals surface area contributed by atoms with Crippen LogP contribution < -0.4 is 0 Å². The minimum atomic E-state index is -0.941. The molecule has 1 unspecified atom stereocenters. The van der Waals surface area contributed by atoms with Crippen LogP contribution in [0.15, 0.2) is 0 Å². The van der Waals surface area contributed by atoms with E-state index in [-0.39, 0.29) is 6.29 Å². The number of hydrogen-bond acceptors (Lipinski definition) is 3. The Morgan fingerprint density at radius 1 is 1.67 bits per heavy atom. The first-order chi connectivity index (χ1) is 5.70. The molecule has 0 amide bonds. The Kier molecular flexibility index (Phi) is 3.49. The van der Waals surface area contributed by atoms with Crippen LogP contribution in [0.4, 0.5) is 0 Å². The van der Waals surface area contributed by atoms with Crippen molar-refractivity contribution in [1.82, 2.24) is 0 Å². The maximum absolute atomic E-state index is 10.4. The lowest BCUT2D eigenvalue weighted by Gasteiger charge is -2.24. The smallest absolute Gasteiger partial charge is 0.332 e. The normalized spacial score (nSPS) is 26.6. The third-order valence-electron chi connectivity index (χ3n) is 1.84. The summed E-state index contributed by atoms with van der Waals surface area (Å²) in [6.45, 7) is 2.19. The van der Waals surface area contributed by atoms with Gasteiger partial charge in [0.25, 0.3) is 0 Å². The second kappa shape index (κ2) is 4.42. The van der Waals surface area contributed by atoms with Crippen LogP contribution in [0, 0.1) is 0 Å². The zero-order chi connectivity index (χ0) is 8.97. The molecule has 4 nitrogen and oxygen atoms in total. The predicted molar refractivity (Wildman–Crippen MR) is 41.8 cm³/mol. The fourth-order valence-corrected chi connectivity index (χ4v) is 1.10. The molecule has 1 saturated heterocycles. The molecular formula is C8H14O4. The summed E-state index contributed by atoms with van der Waals surface area (Å²) in [6, 6.07) is 0. The Balaban J connectivity index is 2.24. The van der Waals surface area contributed by atoms with Gasteiger partial charge in [0.2, 0.25) is 0 Å². The molecule has 12 heavy (non-hydrogen) atoms. The van der Waals surface area contributed by atoms with Crippen LogP contribution in [0.5, 0.6) is 0 Å². The first-order valence-electron chi connectivity index (χ1n) is 4.20. The number of rotatable bonds is 3. The molecule has 0 aromatic heterocycles. The number of ether oxygens (including phenoxy) is 2. The third kappa shape index (κ3) is 2.79. The van der Waals surface area contributed by atoms with Crippen molar-refractivity contribution in [3.63, 3.8) is 0 Å². The molecule has 1 aliphatic rings. The Bertz CT molecular complexity index is 151. The van der Waals surface area contributed by atoms with Crippen LogP contribution in [0.3, 0.4) is 0 Å². The van der Waals surface area contributed by atoms with E-state index in [0.717, 1.165) is 19.3 Å². The molecule has 1 aliphatic heterocycles. The van der Waals surface area contributed by atoms with Crippen molar-refractivity contribution < 1.29 is 19.4 Å². The minimum absolute atomic E-state index is 0.315. The van der Waals surface area contributed by atoms with Crippen molar-refractivity contribution in [2.75, 3.05) is 6.61 Å². The zero-order valence-corrected chi connectivity index (χ0v) is 7.16. The lowest BCUT2D eigenvalue weighted by Crippen LogP contribution is -2.30. The Morgan fingerprint density at radius 2 is 2.42 bits per heavy atom. The Hall–Kier alpha value is -0.610. The van der Waals surface area contributed by atoms with E-state index in [1.165, 1.54) is 6.92 Å². The van der Waals surface area contributed by atoms with Gasteiger partial charge in [-0.05, 0) is 26.2 Å². The van der Waals surface area contributed by atoms with Crippen molar-refractivity contribution in [2.24, 2.45) is 0 Å². The highest BCUT2D eigenvalue weighted by molar-refractivity contribution is 5.71. The lowest BCUT2D eigenvalue weighted by atomic mass is 10.2. The van der Waals surface area contributed by atoms with Gasteiger partial charge in [-0.25, -0.2) is 4.79 Å². The molecule has 0 aliphatic carbocycles. The number of hydrogen-bond donors (Lipinski definition) is 1. The average molecular weight is 174 g/mol. The van der Waals surface area contributed by atoms with Gasteiger partial charge in [-0.2, -0.15) is 0 Å². The van der Waals surface area contributed by atoms with Crippen LogP contribution >= 0.6 is 0 Å². The Labute approximate surface area is 71.5 Å². The van der Waals surface area contributed by atoms with Crippen molar-refractivity contribution >= 4 is 5.97 Å². The second-order valence-electron chi connectivity index (χ2n) is 2.91. The molecule has 0 aromatic carbocycles. The van der Waals surface area contributed by atoms with Crippen LogP contribution in [0.1, 0.15) is 26.2 Å². The summed E-state index contributed by atoms with van der Waals surface area (Å²) < 4.78 is 10.3. The molecular weight excluding hydrogens is 160 g/mol. The third-order valence-corrected chi connectivity index (χ3v) is 1.84. The predicted octanol–water partition coefficient (Wildman–Crippen LogP) is 1.00. The summed E-state index contributed by atoms with van der Waals surface area (Å²) in [5.41, 5.74) is 0. The van der Waals surface area contributed by atoms with Gasteiger partial charge in [0.1, 0.15) is 0 Å². The van der Waals surface area contributed by atoms with E-state index >= 15 is 0 Å². The molecule has 1 N–H and O–H groups in total. The maximum atomic E-state index is 10.4. The molecule has 0 spiro atoms. The van der Waals surface area contributed by atoms with E-state index in [4.69, 9.17) is 14.6 Å². The zero-order valence-electron chi connectivity index (χ0n) is 7.16. The van der Waals surface area contributed by atoms with E-state index in [1.54, 1.807) is 0 Å². The van der Waals surface area contributed by atoms with Gasteiger partial charge in [-0.15, -0.1) is 0 Å². The molecule has 4 heteroatoms. The van der Waals surface area contributed by atoms with Gasteiger partial charge in [-0.3, -0.25) is 0 Å². The van der Waals surface area contributed by atoms with E-state index in [1.807, 2.05) is 0 Å². The summed E-state index contributed by atoms with van der Waals surface area (Å²) in [4.78, 5) is 10.4. The highest BCUT2D eigenvalue weighted by atomic mass is 16.7. The molecule has 0 radical (unpaired) electrons. The fraction of sp³-hybridized carbons (Fsp3) is 0.875. The van der Waals surface area contributed by atoms with E-state index < -0.39 is 12.1 Å². The first kappa shape index (κ1) is 9.48. The van der Waals surface area contributed by atoms with Crippen LogP contribution in [0.2, 0.25) is 0 Å². The maximum Gasteiger partial charge on any atom is 0.332 e. The quantitative estimate of drug-likeness (QED) is 0.693. The summed E-state index contributed by atoms with van der Waals surface area (Å²) in [6.07, 6.45) is 1.81. The minimum Gasteiger partial charge on any atom is -0.479 e. The summed E-state index contributed by atoms with van der Waals surface area (Å²) in [5, 5.41) is 8.53. The first-order valence-corrected chi connectivity index (χ1v) is 4.20. The number of carbonyl (C=O) groups is 1.